The summed E-state index contributed by atoms with van der Waals surface area (Å²) in [4.78, 5) is 12.1. The summed E-state index contributed by atoms with van der Waals surface area (Å²) in [7, 11) is 2.67. The first kappa shape index (κ1) is 16.3. The number of carbonyl (C=O) groups excluding carboxylic acids is 1. The lowest BCUT2D eigenvalue weighted by atomic mass is 10.3. The van der Waals surface area contributed by atoms with Gasteiger partial charge >= 0.3 is 6.18 Å². The standard InChI is InChI=1S/C11H11ClF3N5O2/c1-19-8(7(12)9(18-19)11(13,14)15)10(21)17-6-3-16-20(4-6)5-22-2/h3-4H,5H2,1-2H3,(H,17,21). The Bertz CT molecular complexity index is 694. The van der Waals surface area contributed by atoms with E-state index < -0.39 is 28.5 Å². The van der Waals surface area contributed by atoms with Gasteiger partial charge in [0.05, 0.1) is 18.1 Å². The number of rotatable bonds is 4. The molecule has 2 heterocycles. The van der Waals surface area contributed by atoms with Crippen molar-refractivity contribution in [2.24, 2.45) is 7.05 Å². The van der Waals surface area contributed by atoms with Crippen LogP contribution in [-0.4, -0.2) is 32.6 Å². The zero-order valence-electron chi connectivity index (χ0n) is 11.5. The molecule has 0 atom stereocenters. The van der Waals surface area contributed by atoms with E-state index in [-0.39, 0.29) is 12.4 Å². The fraction of sp³-hybridized carbons (Fsp3) is 0.364. The molecular formula is C11H11ClF3N5O2. The number of halogens is 4. The Balaban J connectivity index is 2.24. The summed E-state index contributed by atoms with van der Waals surface area (Å²) in [6, 6.07) is 0. The lowest BCUT2D eigenvalue weighted by Crippen LogP contribution is -2.16. The number of ether oxygens (including phenoxy) is 1. The second kappa shape index (κ2) is 5.97. The lowest BCUT2D eigenvalue weighted by Gasteiger charge is -2.03. The summed E-state index contributed by atoms with van der Waals surface area (Å²) in [5.41, 5.74) is -1.42. The zero-order valence-corrected chi connectivity index (χ0v) is 12.2. The van der Waals surface area contributed by atoms with E-state index in [1.807, 2.05) is 0 Å². The van der Waals surface area contributed by atoms with Crippen LogP contribution >= 0.6 is 11.6 Å². The summed E-state index contributed by atoms with van der Waals surface area (Å²) in [6.45, 7) is 0.167. The Labute approximate surface area is 127 Å². The molecule has 0 bridgehead atoms. The molecule has 120 valence electrons. The molecule has 11 heteroatoms. The maximum atomic E-state index is 12.7. The van der Waals surface area contributed by atoms with Crippen molar-refractivity contribution in [3.8, 4) is 0 Å². The van der Waals surface area contributed by atoms with Gasteiger partial charge in [0.1, 0.15) is 17.4 Å². The van der Waals surface area contributed by atoms with Crippen LogP contribution in [0.5, 0.6) is 0 Å². The molecule has 0 aromatic carbocycles. The van der Waals surface area contributed by atoms with Gasteiger partial charge in [-0.3, -0.25) is 9.48 Å². The second-order valence-corrected chi connectivity index (χ2v) is 4.65. The van der Waals surface area contributed by atoms with E-state index in [9.17, 15) is 18.0 Å². The van der Waals surface area contributed by atoms with Crippen LogP contribution in [0, 0.1) is 0 Å². The third kappa shape index (κ3) is 3.22. The number of aryl methyl sites for hydroxylation is 1. The normalized spacial score (nSPS) is 11.7. The molecule has 0 saturated carbocycles. The molecule has 22 heavy (non-hydrogen) atoms. The van der Waals surface area contributed by atoms with Crippen molar-refractivity contribution < 1.29 is 22.7 Å². The third-order valence-corrected chi connectivity index (χ3v) is 2.98. The van der Waals surface area contributed by atoms with E-state index in [0.29, 0.717) is 0 Å². The monoisotopic (exact) mass is 337 g/mol. The molecule has 2 rings (SSSR count). The van der Waals surface area contributed by atoms with E-state index in [1.165, 1.54) is 31.2 Å². The van der Waals surface area contributed by atoms with Gasteiger partial charge in [-0.2, -0.15) is 23.4 Å². The number of hydrogen-bond donors (Lipinski definition) is 1. The van der Waals surface area contributed by atoms with Crippen molar-refractivity contribution in [1.29, 1.82) is 0 Å². The molecule has 2 aromatic heterocycles. The molecule has 0 spiro atoms. The van der Waals surface area contributed by atoms with Crippen LogP contribution in [0.1, 0.15) is 16.2 Å². The predicted octanol–water partition coefficient (Wildman–Crippen LogP) is 2.14. The van der Waals surface area contributed by atoms with Crippen molar-refractivity contribution in [3.05, 3.63) is 28.8 Å². The molecule has 0 radical (unpaired) electrons. The van der Waals surface area contributed by atoms with Gasteiger partial charge in [-0.15, -0.1) is 0 Å². The first-order chi connectivity index (χ1) is 10.2. The molecule has 1 amide bonds. The van der Waals surface area contributed by atoms with Gasteiger partial charge in [0, 0.05) is 14.2 Å². The highest BCUT2D eigenvalue weighted by Crippen LogP contribution is 2.35. The van der Waals surface area contributed by atoms with Crippen LogP contribution in [0.3, 0.4) is 0 Å². The van der Waals surface area contributed by atoms with E-state index in [4.69, 9.17) is 16.3 Å². The zero-order chi connectivity index (χ0) is 16.5. The average molecular weight is 338 g/mol. The largest absolute Gasteiger partial charge is 0.436 e. The lowest BCUT2D eigenvalue weighted by molar-refractivity contribution is -0.141. The van der Waals surface area contributed by atoms with Gasteiger partial charge in [0.2, 0.25) is 0 Å². The number of nitrogens with one attached hydrogen (secondary N) is 1. The fourth-order valence-corrected chi connectivity index (χ4v) is 2.10. The molecule has 2 aromatic rings. The minimum atomic E-state index is -4.74. The van der Waals surface area contributed by atoms with Crippen LogP contribution in [0.4, 0.5) is 18.9 Å². The van der Waals surface area contributed by atoms with Crippen LogP contribution in [-0.2, 0) is 24.7 Å². The molecule has 0 aliphatic rings. The number of anilines is 1. The van der Waals surface area contributed by atoms with E-state index in [2.05, 4.69) is 15.5 Å². The topological polar surface area (TPSA) is 74.0 Å². The highest BCUT2D eigenvalue weighted by atomic mass is 35.5. The molecule has 0 unspecified atom stereocenters. The highest BCUT2D eigenvalue weighted by Gasteiger charge is 2.39. The van der Waals surface area contributed by atoms with E-state index in [0.717, 1.165) is 4.68 Å². The molecule has 0 aliphatic carbocycles. The number of amides is 1. The van der Waals surface area contributed by atoms with Crippen LogP contribution in [0.15, 0.2) is 12.4 Å². The minimum absolute atomic E-state index is 0.167. The minimum Gasteiger partial charge on any atom is -0.362 e. The number of alkyl halides is 3. The van der Waals surface area contributed by atoms with Crippen molar-refractivity contribution in [2.45, 2.75) is 12.9 Å². The number of nitrogens with zero attached hydrogens (tertiary/aromatic N) is 4. The smallest absolute Gasteiger partial charge is 0.362 e. The first-order valence-corrected chi connectivity index (χ1v) is 6.24. The average Bonchev–Trinajstić information content (AvgIpc) is 2.94. The summed E-state index contributed by atoms with van der Waals surface area (Å²) in [6.07, 6.45) is -1.96. The van der Waals surface area contributed by atoms with Gasteiger partial charge in [-0.1, -0.05) is 11.6 Å². The number of carbonyl (C=O) groups is 1. The summed E-state index contributed by atoms with van der Waals surface area (Å²) in [5.74, 6) is -0.826. The number of aromatic nitrogens is 4. The molecule has 1 N–H and O–H groups in total. The van der Waals surface area contributed by atoms with E-state index in [1.54, 1.807) is 0 Å². The van der Waals surface area contributed by atoms with Gasteiger partial charge in [0.25, 0.3) is 5.91 Å². The SMILES string of the molecule is COCn1cc(NC(=O)c2c(Cl)c(C(F)(F)F)nn2C)cn1. The quantitative estimate of drug-likeness (QED) is 0.927. The van der Waals surface area contributed by atoms with Crippen LogP contribution in [0.2, 0.25) is 5.02 Å². The summed E-state index contributed by atoms with van der Waals surface area (Å²) in [5, 5.41) is 8.76. The molecule has 7 nitrogen and oxygen atoms in total. The molecule has 0 aliphatic heterocycles. The van der Waals surface area contributed by atoms with Crippen molar-refractivity contribution in [3.63, 3.8) is 0 Å². The van der Waals surface area contributed by atoms with Crippen LogP contribution < -0.4 is 5.32 Å². The summed E-state index contributed by atoms with van der Waals surface area (Å²) >= 11 is 5.63. The van der Waals surface area contributed by atoms with Crippen molar-refractivity contribution >= 4 is 23.2 Å². The first-order valence-electron chi connectivity index (χ1n) is 5.86. The van der Waals surface area contributed by atoms with Gasteiger partial charge in [-0.25, -0.2) is 4.68 Å². The molecular weight excluding hydrogens is 327 g/mol. The predicted molar refractivity (Wildman–Crippen MR) is 70.4 cm³/mol. The maximum absolute atomic E-state index is 12.7. The van der Waals surface area contributed by atoms with Gasteiger partial charge in [-0.05, 0) is 0 Å². The Kier molecular flexibility index (Phi) is 4.42. The fourth-order valence-electron chi connectivity index (χ4n) is 1.75. The number of methoxy groups -OCH3 is 1. The number of hydrogen-bond acceptors (Lipinski definition) is 4. The Morgan fingerprint density at radius 2 is 2.18 bits per heavy atom. The molecule has 0 saturated heterocycles. The summed E-state index contributed by atoms with van der Waals surface area (Å²) < 4.78 is 45.1. The van der Waals surface area contributed by atoms with Crippen molar-refractivity contribution in [1.82, 2.24) is 19.6 Å². The van der Waals surface area contributed by atoms with Crippen LogP contribution in [0.25, 0.3) is 0 Å². The van der Waals surface area contributed by atoms with Crippen molar-refractivity contribution in [2.75, 3.05) is 12.4 Å². The second-order valence-electron chi connectivity index (χ2n) is 4.27. The van der Waals surface area contributed by atoms with Gasteiger partial charge in [0.15, 0.2) is 5.69 Å². The van der Waals surface area contributed by atoms with E-state index >= 15 is 0 Å². The third-order valence-electron chi connectivity index (χ3n) is 2.63. The Morgan fingerprint density at radius 3 is 2.73 bits per heavy atom. The maximum Gasteiger partial charge on any atom is 0.436 e. The van der Waals surface area contributed by atoms with Gasteiger partial charge < -0.3 is 10.1 Å². The Hall–Kier alpha value is -2.07. The highest BCUT2D eigenvalue weighted by molar-refractivity contribution is 6.34. The molecule has 0 fully saturated rings. The Morgan fingerprint density at radius 1 is 1.50 bits per heavy atom.